The lowest BCUT2D eigenvalue weighted by Crippen LogP contribution is -2.16. The molecule has 0 saturated carbocycles. The monoisotopic (exact) mass is 1070 g/mol. The van der Waals surface area contributed by atoms with Gasteiger partial charge in [0, 0.05) is 104 Å². The van der Waals surface area contributed by atoms with Crippen LogP contribution in [0, 0.1) is 0 Å². The lowest BCUT2D eigenvalue weighted by molar-refractivity contribution is 0.807. The van der Waals surface area contributed by atoms with Gasteiger partial charge in [-0.2, -0.15) is 0 Å². The molecule has 0 amide bonds. The third-order valence-electron chi connectivity index (χ3n) is 15.5. The highest BCUT2D eigenvalue weighted by molar-refractivity contribution is 5.89. The third-order valence-corrected chi connectivity index (χ3v) is 15.5. The average molecular weight is 1070 g/mol. The molecule has 7 heteroatoms. The maximum Gasteiger partial charge on any atom is 0.0918 e. The van der Waals surface area contributed by atoms with Gasteiger partial charge in [0.2, 0.25) is 0 Å². The van der Waals surface area contributed by atoms with Gasteiger partial charge in [-0.05, 0) is 199 Å². The summed E-state index contributed by atoms with van der Waals surface area (Å²) in [5, 5.41) is 0. The largest absolute Gasteiger partial charge is 0.310 e. The molecule has 0 unspecified atom stereocenters. The lowest BCUT2D eigenvalue weighted by Gasteiger charge is -2.32. The second-order valence-corrected chi connectivity index (χ2v) is 20.7. The molecule has 1 aliphatic rings. The van der Waals surface area contributed by atoms with Crippen molar-refractivity contribution in [3.63, 3.8) is 0 Å². The molecular weight excluding hydrogens is 1010 g/mol. The van der Waals surface area contributed by atoms with E-state index in [2.05, 4.69) is 334 Å². The number of benzene rings is 11. The van der Waals surface area contributed by atoms with Crippen LogP contribution >= 0.6 is 0 Å². The van der Waals surface area contributed by atoms with Gasteiger partial charge in [0.05, 0.1) is 11.0 Å². The number of rotatable bonds is 7. The van der Waals surface area contributed by atoms with Crippen LogP contribution < -0.4 is 24.5 Å². The van der Waals surface area contributed by atoms with Crippen molar-refractivity contribution in [3.8, 4) is 0 Å². The fraction of sp³-hybridized carbons (Fsp3) is 0.0263. The van der Waals surface area contributed by atoms with Gasteiger partial charge in [-0.1, -0.05) is 140 Å². The van der Waals surface area contributed by atoms with Crippen molar-refractivity contribution in [1.82, 2.24) is 9.97 Å². The Labute approximate surface area is 485 Å². The Hall–Kier alpha value is -11.0. The van der Waals surface area contributed by atoms with Gasteiger partial charge < -0.3 is 24.5 Å². The van der Waals surface area contributed by atoms with Crippen molar-refractivity contribution in [3.05, 3.63) is 345 Å². The highest BCUT2D eigenvalue weighted by atomic mass is 15.2. The van der Waals surface area contributed by atoms with Crippen LogP contribution in [0.2, 0.25) is 0 Å². The zero-order chi connectivity index (χ0) is 55.3. The molecule has 0 radical (unpaired) electrons. The van der Waals surface area contributed by atoms with E-state index in [0.717, 1.165) is 102 Å². The van der Waals surface area contributed by atoms with Crippen LogP contribution in [0.4, 0.5) is 85.3 Å². The molecule has 1 aliphatic heterocycles. The first kappa shape index (κ1) is 50.2. The summed E-state index contributed by atoms with van der Waals surface area (Å²) in [6.07, 6.45) is 4.48. The standard InChI is InChI=1S/C76H57N7/c1-6-25-59(26-7-1)79-64-35-16-23-56(49-64)74(51-58-46-48-77-75-45-22-47-78-76(58)75)57-24-17-36-65(50-57)80(60-27-8-2-9-28-60)67-38-19-40-69(53-67)82(62-31-12-4-13-32-62)71-42-21-44-73(55-71)83(63-33-14-5-15-34-63)72-43-20-41-70(54-72)81(61-29-10-3-11-30-61)68-39-18-37-66(79)52-68/h1-50,52-55,74H,51H2. The minimum absolute atomic E-state index is 0.0990. The number of fused-ring (bicyclic) bond motifs is 13. The van der Waals surface area contributed by atoms with Gasteiger partial charge in [0.1, 0.15) is 0 Å². The van der Waals surface area contributed by atoms with E-state index >= 15 is 0 Å². The summed E-state index contributed by atoms with van der Waals surface area (Å²) in [5.74, 6) is -0.0990. The minimum atomic E-state index is -0.0990. The van der Waals surface area contributed by atoms with E-state index in [9.17, 15) is 0 Å². The molecule has 2 aromatic heterocycles. The van der Waals surface area contributed by atoms with E-state index in [-0.39, 0.29) is 5.92 Å². The third kappa shape index (κ3) is 10.2. The maximum atomic E-state index is 4.94. The summed E-state index contributed by atoms with van der Waals surface area (Å²) >= 11 is 0. The molecule has 0 aliphatic carbocycles. The molecule has 12 bridgehead atoms. The molecule has 3 heterocycles. The van der Waals surface area contributed by atoms with E-state index in [4.69, 9.17) is 9.97 Å². The van der Waals surface area contributed by atoms with Crippen molar-refractivity contribution >= 4 is 96.3 Å². The van der Waals surface area contributed by atoms with Crippen molar-refractivity contribution in [1.29, 1.82) is 0 Å². The van der Waals surface area contributed by atoms with E-state index in [1.807, 2.05) is 18.5 Å². The molecule has 11 aromatic carbocycles. The molecular formula is C76H57N7. The van der Waals surface area contributed by atoms with E-state index in [0.29, 0.717) is 6.42 Å². The zero-order valence-electron chi connectivity index (χ0n) is 45.6. The van der Waals surface area contributed by atoms with Crippen molar-refractivity contribution in [2.45, 2.75) is 12.3 Å². The van der Waals surface area contributed by atoms with Crippen LogP contribution in [0.1, 0.15) is 22.6 Å². The molecule has 396 valence electrons. The van der Waals surface area contributed by atoms with Gasteiger partial charge in [0.15, 0.2) is 0 Å². The fourth-order valence-corrected chi connectivity index (χ4v) is 11.8. The highest BCUT2D eigenvalue weighted by Crippen LogP contribution is 2.47. The van der Waals surface area contributed by atoms with Crippen LogP contribution in [0.5, 0.6) is 0 Å². The van der Waals surface area contributed by atoms with Gasteiger partial charge in [-0.15, -0.1) is 0 Å². The smallest absolute Gasteiger partial charge is 0.0918 e. The number of pyridine rings is 2. The first-order valence-electron chi connectivity index (χ1n) is 28.2. The summed E-state index contributed by atoms with van der Waals surface area (Å²) in [6.45, 7) is 0. The molecule has 13 aromatic rings. The zero-order valence-corrected chi connectivity index (χ0v) is 45.6. The Morgan fingerprint density at radius 3 is 0.819 bits per heavy atom. The van der Waals surface area contributed by atoms with Crippen LogP contribution in [-0.4, -0.2) is 9.97 Å². The molecule has 7 nitrogen and oxygen atoms in total. The molecule has 0 spiro atoms. The second-order valence-electron chi connectivity index (χ2n) is 20.7. The Bertz CT molecular complexity index is 4120. The number of anilines is 15. The predicted molar refractivity (Wildman–Crippen MR) is 345 cm³/mol. The molecule has 14 rings (SSSR count). The van der Waals surface area contributed by atoms with Crippen molar-refractivity contribution in [2.75, 3.05) is 24.5 Å². The first-order valence-corrected chi connectivity index (χ1v) is 28.2. The normalized spacial score (nSPS) is 12.7. The van der Waals surface area contributed by atoms with E-state index < -0.39 is 0 Å². The molecule has 83 heavy (non-hydrogen) atoms. The number of hydrogen-bond acceptors (Lipinski definition) is 7. The van der Waals surface area contributed by atoms with Crippen LogP contribution in [-0.2, 0) is 6.42 Å². The average Bonchev–Trinajstić information content (AvgIpc) is 3.61. The van der Waals surface area contributed by atoms with Gasteiger partial charge in [-0.25, -0.2) is 0 Å². The van der Waals surface area contributed by atoms with Crippen LogP contribution in [0.25, 0.3) is 11.0 Å². The number of aromatic nitrogens is 2. The summed E-state index contributed by atoms with van der Waals surface area (Å²) in [4.78, 5) is 21.6. The number of hydrogen-bond donors (Lipinski definition) is 0. The Kier molecular flexibility index (Phi) is 13.7. The molecule has 0 saturated heterocycles. The van der Waals surface area contributed by atoms with Crippen LogP contribution in [0.15, 0.2) is 328 Å². The van der Waals surface area contributed by atoms with E-state index in [1.165, 1.54) is 11.1 Å². The highest BCUT2D eigenvalue weighted by Gasteiger charge is 2.25. The predicted octanol–water partition coefficient (Wildman–Crippen LogP) is 20.7. The number of nitrogens with zero attached hydrogens (tertiary/aromatic N) is 7. The lowest BCUT2D eigenvalue weighted by atomic mass is 9.85. The fourth-order valence-electron chi connectivity index (χ4n) is 11.8. The molecule has 0 atom stereocenters. The summed E-state index contributed by atoms with van der Waals surface area (Å²) in [7, 11) is 0. The SMILES string of the molecule is c1ccc(N2c3cccc(c3)C(Cc3ccnc4cccnc34)c3cccc(c3)N(c3ccccc3)c3cccc(c3)N(c3ccccc3)c3cccc(c3)N(c3ccccc3)c3cccc(c3)N(c3ccccc3)c3cccc2c3)cc1. The van der Waals surface area contributed by atoms with Crippen LogP contribution in [0.3, 0.4) is 0 Å². The Morgan fingerprint density at radius 1 is 0.229 bits per heavy atom. The van der Waals surface area contributed by atoms with E-state index in [1.54, 1.807) is 0 Å². The topological polar surface area (TPSA) is 42.0 Å². The number of para-hydroxylation sites is 5. The Morgan fingerprint density at radius 2 is 0.506 bits per heavy atom. The van der Waals surface area contributed by atoms with Gasteiger partial charge in [0.25, 0.3) is 0 Å². The molecule has 0 fully saturated rings. The first-order chi connectivity index (χ1) is 41.2. The Balaban J connectivity index is 1.03. The summed E-state index contributed by atoms with van der Waals surface area (Å²) < 4.78 is 0. The summed E-state index contributed by atoms with van der Waals surface area (Å²) in [5.41, 5.74) is 20.7. The molecule has 0 N–H and O–H groups in total. The van der Waals surface area contributed by atoms with Crippen molar-refractivity contribution < 1.29 is 0 Å². The second kappa shape index (κ2) is 22.6. The van der Waals surface area contributed by atoms with Crippen molar-refractivity contribution in [2.24, 2.45) is 0 Å². The van der Waals surface area contributed by atoms with Gasteiger partial charge in [-0.3, -0.25) is 9.97 Å². The minimum Gasteiger partial charge on any atom is -0.310 e. The maximum absolute atomic E-state index is 4.94. The van der Waals surface area contributed by atoms with Gasteiger partial charge >= 0.3 is 0 Å². The summed E-state index contributed by atoms with van der Waals surface area (Å²) in [6, 6.07) is 114. The quantitative estimate of drug-likeness (QED) is 0.158.